The second-order valence-electron chi connectivity index (χ2n) is 7.04. The Labute approximate surface area is 152 Å². The third kappa shape index (κ3) is 3.19. The van der Waals surface area contributed by atoms with Crippen molar-refractivity contribution in [3.8, 4) is 11.1 Å². The summed E-state index contributed by atoms with van der Waals surface area (Å²) in [6, 6.07) is 13.8. The van der Waals surface area contributed by atoms with Gasteiger partial charge in [0.15, 0.2) is 0 Å². The van der Waals surface area contributed by atoms with Gasteiger partial charge >= 0.3 is 0 Å². The number of pyridine rings is 1. The van der Waals surface area contributed by atoms with Crippen LogP contribution in [-0.4, -0.2) is 4.98 Å². The number of nitrogens with one attached hydrogen (secondary N) is 1. The van der Waals surface area contributed by atoms with Crippen LogP contribution in [0.15, 0.2) is 58.3 Å². The van der Waals surface area contributed by atoms with Crippen molar-refractivity contribution in [3.05, 3.63) is 80.4 Å². The summed E-state index contributed by atoms with van der Waals surface area (Å²) in [5.74, 6) is 0.632. The molecule has 1 aliphatic carbocycles. The van der Waals surface area contributed by atoms with Crippen molar-refractivity contribution >= 4 is 5.69 Å². The minimum Gasteiger partial charge on any atom is -0.375 e. The molecule has 132 valence electrons. The molecule has 1 aromatic heterocycles. The molecule has 0 unspecified atom stereocenters. The number of aromatic nitrogens is 1. The molecule has 3 aromatic rings. The number of benzene rings is 1. The number of nitrogens with zero attached hydrogens (tertiary/aromatic N) is 1. The van der Waals surface area contributed by atoms with Gasteiger partial charge in [-0.15, -0.1) is 0 Å². The van der Waals surface area contributed by atoms with E-state index in [0.29, 0.717) is 23.7 Å². The van der Waals surface area contributed by atoms with Gasteiger partial charge in [0.2, 0.25) is 10.9 Å². The maximum atomic E-state index is 12.1. The standard InChI is InChI=1S/C22H22N2O2/c25-21-19(20(22(21)26)24-14-18-8-4-5-13-23-18)17-11-9-16(10-12-17)15-6-2-1-3-7-15/h4-5,8-13,15,24H,1-3,6-7,14H2. The first-order valence-electron chi connectivity index (χ1n) is 9.31. The van der Waals surface area contributed by atoms with Crippen LogP contribution in [0.3, 0.4) is 0 Å². The molecule has 1 aliphatic rings. The fraction of sp³-hybridized carbons (Fsp3) is 0.318. The summed E-state index contributed by atoms with van der Waals surface area (Å²) in [4.78, 5) is 28.3. The molecule has 1 heterocycles. The number of hydrogen-bond acceptors (Lipinski definition) is 4. The molecule has 0 radical (unpaired) electrons. The Hall–Kier alpha value is -2.75. The van der Waals surface area contributed by atoms with E-state index in [0.717, 1.165) is 11.3 Å². The van der Waals surface area contributed by atoms with E-state index in [1.165, 1.54) is 37.7 Å². The first kappa shape index (κ1) is 16.7. The molecule has 0 bridgehead atoms. The summed E-state index contributed by atoms with van der Waals surface area (Å²) in [5.41, 5.74) is 3.06. The first-order valence-corrected chi connectivity index (χ1v) is 9.31. The fourth-order valence-electron chi connectivity index (χ4n) is 3.88. The summed E-state index contributed by atoms with van der Waals surface area (Å²) in [7, 11) is 0. The molecule has 0 amide bonds. The van der Waals surface area contributed by atoms with Crippen LogP contribution in [0.1, 0.15) is 49.3 Å². The Kier molecular flexibility index (Phi) is 4.65. The topological polar surface area (TPSA) is 59.1 Å². The van der Waals surface area contributed by atoms with Gasteiger partial charge in [0.25, 0.3) is 0 Å². The summed E-state index contributed by atoms with van der Waals surface area (Å²) in [6.07, 6.45) is 8.14. The van der Waals surface area contributed by atoms with E-state index in [1.807, 2.05) is 30.3 Å². The largest absolute Gasteiger partial charge is 0.375 e. The highest BCUT2D eigenvalue weighted by atomic mass is 16.2. The van der Waals surface area contributed by atoms with Crippen LogP contribution in [0.4, 0.5) is 5.69 Å². The molecule has 0 aliphatic heterocycles. The SMILES string of the molecule is O=c1c(NCc2ccccn2)c(-c2ccc(C3CCCCC3)cc2)c1=O. The molecule has 1 saturated carbocycles. The minimum absolute atomic E-state index is 0.404. The minimum atomic E-state index is -0.438. The molecule has 0 spiro atoms. The zero-order chi connectivity index (χ0) is 17.9. The lowest BCUT2D eigenvalue weighted by atomic mass is 9.83. The molecule has 4 rings (SSSR count). The summed E-state index contributed by atoms with van der Waals surface area (Å²) in [5, 5.41) is 3.09. The van der Waals surface area contributed by atoms with Crippen LogP contribution >= 0.6 is 0 Å². The van der Waals surface area contributed by atoms with Gasteiger partial charge in [0.1, 0.15) is 0 Å². The van der Waals surface area contributed by atoms with Gasteiger partial charge in [0, 0.05) is 6.20 Å². The second-order valence-corrected chi connectivity index (χ2v) is 7.04. The van der Waals surface area contributed by atoms with Gasteiger partial charge in [-0.25, -0.2) is 0 Å². The van der Waals surface area contributed by atoms with Crippen molar-refractivity contribution in [1.82, 2.24) is 4.98 Å². The highest BCUT2D eigenvalue weighted by Gasteiger charge is 2.22. The molecule has 26 heavy (non-hydrogen) atoms. The maximum Gasteiger partial charge on any atom is 0.250 e. The van der Waals surface area contributed by atoms with Crippen molar-refractivity contribution in [1.29, 1.82) is 0 Å². The molecule has 0 atom stereocenters. The van der Waals surface area contributed by atoms with E-state index in [9.17, 15) is 9.59 Å². The van der Waals surface area contributed by atoms with Crippen LogP contribution in [0.2, 0.25) is 0 Å². The van der Waals surface area contributed by atoms with Gasteiger partial charge in [-0.2, -0.15) is 0 Å². The predicted octanol–water partition coefficient (Wildman–Crippen LogP) is 4.00. The van der Waals surface area contributed by atoms with Gasteiger partial charge < -0.3 is 5.32 Å². The average Bonchev–Trinajstić information content (AvgIpc) is 2.72. The number of rotatable bonds is 5. The third-order valence-corrected chi connectivity index (χ3v) is 5.36. The Morgan fingerprint density at radius 3 is 2.38 bits per heavy atom. The summed E-state index contributed by atoms with van der Waals surface area (Å²) < 4.78 is 0. The smallest absolute Gasteiger partial charge is 0.250 e. The lowest BCUT2D eigenvalue weighted by Crippen LogP contribution is -2.36. The van der Waals surface area contributed by atoms with Crippen LogP contribution < -0.4 is 16.2 Å². The van der Waals surface area contributed by atoms with Gasteiger partial charge in [0.05, 0.1) is 23.5 Å². The van der Waals surface area contributed by atoms with Crippen molar-refractivity contribution in [2.45, 2.75) is 44.6 Å². The van der Waals surface area contributed by atoms with E-state index in [1.54, 1.807) is 6.20 Å². The molecule has 1 fully saturated rings. The van der Waals surface area contributed by atoms with Crippen LogP contribution in [-0.2, 0) is 6.54 Å². The van der Waals surface area contributed by atoms with Gasteiger partial charge in [-0.3, -0.25) is 14.6 Å². The molecule has 1 N–H and O–H groups in total. The molecule has 2 aromatic carbocycles. The van der Waals surface area contributed by atoms with Crippen LogP contribution in [0, 0.1) is 0 Å². The van der Waals surface area contributed by atoms with Crippen molar-refractivity contribution in [2.75, 3.05) is 5.32 Å². The van der Waals surface area contributed by atoms with Gasteiger partial charge in [-0.1, -0.05) is 49.6 Å². The Bertz CT molecular complexity index is 948. The molecule has 4 nitrogen and oxygen atoms in total. The normalized spacial score (nSPS) is 15.2. The predicted molar refractivity (Wildman–Crippen MR) is 104 cm³/mol. The van der Waals surface area contributed by atoms with Crippen molar-refractivity contribution in [3.63, 3.8) is 0 Å². The molecule has 4 heteroatoms. The van der Waals surface area contributed by atoms with Gasteiger partial charge in [-0.05, 0) is 42.0 Å². The zero-order valence-electron chi connectivity index (χ0n) is 14.7. The van der Waals surface area contributed by atoms with Crippen molar-refractivity contribution in [2.24, 2.45) is 0 Å². The van der Waals surface area contributed by atoms with Crippen LogP contribution in [0.25, 0.3) is 11.1 Å². The average molecular weight is 346 g/mol. The maximum absolute atomic E-state index is 12.1. The lowest BCUT2D eigenvalue weighted by Gasteiger charge is -2.22. The third-order valence-electron chi connectivity index (χ3n) is 5.36. The Morgan fingerprint density at radius 1 is 0.923 bits per heavy atom. The van der Waals surface area contributed by atoms with E-state index in [2.05, 4.69) is 22.4 Å². The number of hydrogen-bond donors (Lipinski definition) is 1. The quantitative estimate of drug-likeness (QED) is 0.709. The van der Waals surface area contributed by atoms with E-state index < -0.39 is 10.9 Å². The Balaban J connectivity index is 1.53. The van der Waals surface area contributed by atoms with Crippen molar-refractivity contribution < 1.29 is 0 Å². The molecule has 0 saturated heterocycles. The van der Waals surface area contributed by atoms with E-state index in [4.69, 9.17) is 0 Å². The zero-order valence-corrected chi connectivity index (χ0v) is 14.7. The highest BCUT2D eigenvalue weighted by molar-refractivity contribution is 5.81. The lowest BCUT2D eigenvalue weighted by molar-refractivity contribution is 0.443. The number of anilines is 1. The molecular weight excluding hydrogens is 324 g/mol. The summed E-state index contributed by atoms with van der Waals surface area (Å²) in [6.45, 7) is 0.429. The fourth-order valence-corrected chi connectivity index (χ4v) is 3.88. The monoisotopic (exact) mass is 346 g/mol. The van der Waals surface area contributed by atoms with Crippen LogP contribution in [0.5, 0.6) is 0 Å². The summed E-state index contributed by atoms with van der Waals surface area (Å²) >= 11 is 0. The highest BCUT2D eigenvalue weighted by Crippen LogP contribution is 2.34. The van der Waals surface area contributed by atoms with E-state index >= 15 is 0 Å². The van der Waals surface area contributed by atoms with E-state index in [-0.39, 0.29) is 0 Å². The molecular formula is C22H22N2O2. The first-order chi connectivity index (χ1) is 12.7. The Morgan fingerprint density at radius 2 is 1.69 bits per heavy atom. The second kappa shape index (κ2) is 7.24.